The van der Waals surface area contributed by atoms with Gasteiger partial charge in [-0.1, -0.05) is 30.3 Å². The zero-order valence-corrected chi connectivity index (χ0v) is 16.2. The average molecular weight is 388 g/mol. The number of fused-ring (bicyclic) bond motifs is 1. The minimum Gasteiger partial charge on any atom is -0.387 e. The van der Waals surface area contributed by atoms with Crippen LogP contribution in [0.3, 0.4) is 0 Å². The molecule has 1 aromatic carbocycles. The van der Waals surface area contributed by atoms with Crippen molar-refractivity contribution in [3.63, 3.8) is 0 Å². The first-order chi connectivity index (χ1) is 14.2. The standard InChI is InChI=1S/C23H24N4O2/c28-20(18-5-2-1-3-6-18)16-27-22-25-19(17-7-12-24-13-8-17)15-21(29)26(22)14-11-23(27)9-4-10-23/h1-3,5-8,12-13,15,20,28H,4,9-11,14,16H2/t20-/m1/s1. The molecule has 2 aromatic heterocycles. The van der Waals surface area contributed by atoms with Crippen molar-refractivity contribution in [1.29, 1.82) is 0 Å². The van der Waals surface area contributed by atoms with E-state index < -0.39 is 6.10 Å². The summed E-state index contributed by atoms with van der Waals surface area (Å²) in [6.07, 6.45) is 7.01. The van der Waals surface area contributed by atoms with Gasteiger partial charge in [0.15, 0.2) is 0 Å². The van der Waals surface area contributed by atoms with Crippen molar-refractivity contribution < 1.29 is 5.11 Å². The van der Waals surface area contributed by atoms with Gasteiger partial charge in [0.2, 0.25) is 5.95 Å². The Morgan fingerprint density at radius 2 is 1.83 bits per heavy atom. The lowest BCUT2D eigenvalue weighted by atomic mass is 9.72. The van der Waals surface area contributed by atoms with Gasteiger partial charge in [-0.15, -0.1) is 0 Å². The van der Waals surface area contributed by atoms with Crippen molar-refractivity contribution in [3.8, 4) is 11.3 Å². The number of β-amino-alcohol motifs (C(OH)–C–C–N with tert-alkyl or cyclic N) is 1. The smallest absolute Gasteiger partial charge is 0.255 e. The van der Waals surface area contributed by atoms with E-state index in [-0.39, 0.29) is 11.1 Å². The molecule has 1 aliphatic heterocycles. The maximum Gasteiger partial charge on any atom is 0.255 e. The van der Waals surface area contributed by atoms with Crippen LogP contribution in [0.5, 0.6) is 0 Å². The number of anilines is 1. The number of rotatable bonds is 4. The Balaban J connectivity index is 1.58. The summed E-state index contributed by atoms with van der Waals surface area (Å²) in [7, 11) is 0. The van der Waals surface area contributed by atoms with Gasteiger partial charge in [-0.25, -0.2) is 4.98 Å². The van der Waals surface area contributed by atoms with Gasteiger partial charge >= 0.3 is 0 Å². The second kappa shape index (κ2) is 7.12. The van der Waals surface area contributed by atoms with Crippen LogP contribution in [0, 0.1) is 0 Å². The number of aliphatic hydroxyl groups is 1. The van der Waals surface area contributed by atoms with Crippen molar-refractivity contribution in [1.82, 2.24) is 14.5 Å². The highest BCUT2D eigenvalue weighted by Crippen LogP contribution is 2.46. The van der Waals surface area contributed by atoms with Crippen LogP contribution in [0.15, 0.2) is 65.7 Å². The highest BCUT2D eigenvalue weighted by molar-refractivity contribution is 5.60. The summed E-state index contributed by atoms with van der Waals surface area (Å²) in [5.41, 5.74) is 2.35. The van der Waals surface area contributed by atoms with E-state index in [0.29, 0.717) is 24.7 Å². The fourth-order valence-electron chi connectivity index (χ4n) is 4.58. The van der Waals surface area contributed by atoms with Crippen molar-refractivity contribution >= 4 is 5.95 Å². The highest BCUT2D eigenvalue weighted by atomic mass is 16.3. The lowest BCUT2D eigenvalue weighted by Gasteiger charge is -2.54. The van der Waals surface area contributed by atoms with Crippen LogP contribution >= 0.6 is 0 Å². The molecule has 0 saturated heterocycles. The number of aromatic nitrogens is 3. The third kappa shape index (κ3) is 3.13. The summed E-state index contributed by atoms with van der Waals surface area (Å²) in [6, 6.07) is 15.0. The van der Waals surface area contributed by atoms with E-state index in [0.717, 1.165) is 30.4 Å². The van der Waals surface area contributed by atoms with E-state index in [1.54, 1.807) is 23.0 Å². The fraction of sp³-hybridized carbons (Fsp3) is 0.348. The lowest BCUT2D eigenvalue weighted by Crippen LogP contribution is -2.60. The third-order valence-corrected chi connectivity index (χ3v) is 6.40. The molecular formula is C23H24N4O2. The van der Waals surface area contributed by atoms with Crippen LogP contribution in [0.25, 0.3) is 11.3 Å². The summed E-state index contributed by atoms with van der Waals surface area (Å²) in [5, 5.41) is 10.9. The number of hydrogen-bond donors (Lipinski definition) is 1. The Labute approximate surface area is 169 Å². The summed E-state index contributed by atoms with van der Waals surface area (Å²) >= 11 is 0. The van der Waals surface area contributed by atoms with Gasteiger partial charge < -0.3 is 10.0 Å². The van der Waals surface area contributed by atoms with Gasteiger partial charge in [-0.3, -0.25) is 14.3 Å². The quantitative estimate of drug-likeness (QED) is 0.743. The molecule has 1 saturated carbocycles. The number of benzene rings is 1. The Morgan fingerprint density at radius 3 is 2.52 bits per heavy atom. The molecule has 1 fully saturated rings. The summed E-state index contributed by atoms with van der Waals surface area (Å²) in [6.45, 7) is 1.10. The maximum absolute atomic E-state index is 12.9. The second-order valence-corrected chi connectivity index (χ2v) is 8.03. The molecule has 5 rings (SSSR count). The van der Waals surface area contributed by atoms with E-state index in [1.165, 1.54) is 6.42 Å². The molecular weight excluding hydrogens is 364 g/mol. The molecule has 2 aliphatic rings. The minimum absolute atomic E-state index is 0.00787. The first kappa shape index (κ1) is 18.1. The molecule has 6 nitrogen and oxygen atoms in total. The molecule has 1 aliphatic carbocycles. The SMILES string of the molecule is O=c1cc(-c2ccncc2)nc2n1CCC1(CCC1)N2C[C@@H](O)c1ccccc1. The van der Waals surface area contributed by atoms with Crippen LogP contribution < -0.4 is 10.5 Å². The van der Waals surface area contributed by atoms with Crippen LogP contribution in [-0.4, -0.2) is 31.7 Å². The maximum atomic E-state index is 12.9. The predicted octanol–water partition coefficient (Wildman–Crippen LogP) is 3.17. The largest absolute Gasteiger partial charge is 0.387 e. The summed E-state index contributed by atoms with van der Waals surface area (Å²) < 4.78 is 1.76. The molecule has 1 atom stereocenters. The van der Waals surface area contributed by atoms with E-state index >= 15 is 0 Å². The number of nitrogens with zero attached hydrogens (tertiary/aromatic N) is 4. The van der Waals surface area contributed by atoms with Crippen molar-refractivity contribution in [2.45, 2.75) is 43.9 Å². The Morgan fingerprint density at radius 1 is 1.07 bits per heavy atom. The van der Waals surface area contributed by atoms with Gasteiger partial charge in [0.25, 0.3) is 5.56 Å². The minimum atomic E-state index is -0.637. The molecule has 0 bridgehead atoms. The predicted molar refractivity (Wildman–Crippen MR) is 112 cm³/mol. The number of hydrogen-bond acceptors (Lipinski definition) is 5. The molecule has 0 unspecified atom stereocenters. The molecule has 3 aromatic rings. The van der Waals surface area contributed by atoms with E-state index in [9.17, 15) is 9.90 Å². The van der Waals surface area contributed by atoms with Gasteiger partial charge in [-0.05, 0) is 43.4 Å². The van der Waals surface area contributed by atoms with Crippen LogP contribution in [-0.2, 0) is 6.54 Å². The van der Waals surface area contributed by atoms with Crippen LogP contribution in [0.2, 0.25) is 0 Å². The molecule has 3 heterocycles. The third-order valence-electron chi connectivity index (χ3n) is 6.40. The monoisotopic (exact) mass is 388 g/mol. The molecule has 29 heavy (non-hydrogen) atoms. The average Bonchev–Trinajstić information content (AvgIpc) is 2.74. The zero-order valence-electron chi connectivity index (χ0n) is 16.2. The van der Waals surface area contributed by atoms with Gasteiger partial charge in [0.05, 0.1) is 18.3 Å². The van der Waals surface area contributed by atoms with Crippen molar-refractivity contribution in [3.05, 3.63) is 76.8 Å². The fourth-order valence-corrected chi connectivity index (χ4v) is 4.58. The second-order valence-electron chi connectivity index (χ2n) is 8.03. The number of pyridine rings is 1. The van der Waals surface area contributed by atoms with Crippen molar-refractivity contribution in [2.24, 2.45) is 0 Å². The van der Waals surface area contributed by atoms with Gasteiger partial charge in [0, 0.05) is 36.1 Å². The van der Waals surface area contributed by atoms with Crippen molar-refractivity contribution in [2.75, 3.05) is 11.4 Å². The molecule has 1 N–H and O–H groups in total. The normalized spacial score (nSPS) is 18.2. The van der Waals surface area contributed by atoms with E-state index in [2.05, 4.69) is 9.88 Å². The van der Waals surface area contributed by atoms with Crippen LogP contribution in [0.4, 0.5) is 5.95 Å². The summed E-state index contributed by atoms with van der Waals surface area (Å²) in [5.74, 6) is 0.672. The Kier molecular flexibility index (Phi) is 4.43. The van der Waals surface area contributed by atoms with Gasteiger partial charge in [0.1, 0.15) is 0 Å². The molecule has 1 spiro atoms. The van der Waals surface area contributed by atoms with E-state index in [4.69, 9.17) is 4.98 Å². The Bertz CT molecular complexity index is 1060. The molecule has 148 valence electrons. The first-order valence-electron chi connectivity index (χ1n) is 10.2. The van der Waals surface area contributed by atoms with Crippen LogP contribution in [0.1, 0.15) is 37.4 Å². The zero-order chi connectivity index (χ0) is 19.8. The molecule has 0 radical (unpaired) electrons. The first-order valence-corrected chi connectivity index (χ1v) is 10.2. The Hall–Kier alpha value is -2.99. The summed E-state index contributed by atoms with van der Waals surface area (Å²) in [4.78, 5) is 24.1. The highest BCUT2D eigenvalue weighted by Gasteiger charge is 2.47. The molecule has 6 heteroatoms. The van der Waals surface area contributed by atoms with Gasteiger partial charge in [-0.2, -0.15) is 0 Å². The van der Waals surface area contributed by atoms with E-state index in [1.807, 2.05) is 42.5 Å². The topological polar surface area (TPSA) is 71.2 Å². The lowest BCUT2D eigenvalue weighted by molar-refractivity contribution is 0.131. The molecule has 0 amide bonds. The number of aliphatic hydroxyl groups excluding tert-OH is 1.